The molecular formula is C20H43N2O4P. The number of nitrogens with zero attached hydrogens (tertiary/aromatic N) is 2. The molecule has 1 rings (SSSR count). The molecule has 1 atom stereocenters. The first-order valence-electron chi connectivity index (χ1n) is 10.7. The normalized spacial score (nSPS) is 17.4. The second-order valence-electron chi connectivity index (χ2n) is 7.39. The van der Waals surface area contributed by atoms with Gasteiger partial charge in [-0.3, -0.25) is 0 Å². The van der Waals surface area contributed by atoms with Crippen LogP contribution in [0.5, 0.6) is 0 Å². The van der Waals surface area contributed by atoms with Gasteiger partial charge in [0.1, 0.15) is 6.17 Å². The lowest BCUT2D eigenvalue weighted by Gasteiger charge is -2.33. The Bertz CT molecular complexity index is 457. The number of unbranched alkanes of at least 4 members (excludes halogenated alkanes) is 4. The van der Waals surface area contributed by atoms with Crippen molar-refractivity contribution in [2.24, 2.45) is 0 Å². The average molecular weight is 407 g/mol. The Morgan fingerprint density at radius 1 is 0.815 bits per heavy atom. The molecule has 0 aromatic heterocycles. The number of phosphoric acid groups is 1. The Kier molecular flexibility index (Phi) is 14.2. The smallest absolute Gasteiger partial charge is 0.356 e. The second kappa shape index (κ2) is 14.4. The zero-order valence-corrected chi connectivity index (χ0v) is 19.0. The van der Waals surface area contributed by atoms with E-state index in [0.29, 0.717) is 6.17 Å². The second-order valence-corrected chi connectivity index (χ2v) is 8.42. The van der Waals surface area contributed by atoms with E-state index < -0.39 is 7.82 Å². The van der Waals surface area contributed by atoms with Crippen LogP contribution in [0.3, 0.4) is 0 Å². The summed E-state index contributed by atoms with van der Waals surface area (Å²) in [5.74, 6) is 0. The van der Waals surface area contributed by atoms with Crippen molar-refractivity contribution in [2.75, 3.05) is 13.6 Å². The molecule has 0 spiro atoms. The molecule has 1 aliphatic heterocycles. The molecule has 3 N–H and O–H groups in total. The van der Waals surface area contributed by atoms with E-state index in [-0.39, 0.29) is 0 Å². The van der Waals surface area contributed by atoms with E-state index in [4.69, 9.17) is 19.2 Å². The van der Waals surface area contributed by atoms with Gasteiger partial charge in [0, 0.05) is 25.0 Å². The highest BCUT2D eigenvalue weighted by molar-refractivity contribution is 7.45. The maximum absolute atomic E-state index is 8.88. The van der Waals surface area contributed by atoms with Gasteiger partial charge in [0.2, 0.25) is 0 Å². The molecule has 0 aliphatic carbocycles. The van der Waals surface area contributed by atoms with Gasteiger partial charge in [0.25, 0.3) is 0 Å². The maximum atomic E-state index is 8.88. The van der Waals surface area contributed by atoms with Gasteiger partial charge in [0.15, 0.2) is 0 Å². The van der Waals surface area contributed by atoms with E-state index >= 15 is 0 Å². The van der Waals surface area contributed by atoms with Gasteiger partial charge in [0.05, 0.1) is 0 Å². The van der Waals surface area contributed by atoms with Crippen LogP contribution in [-0.2, 0) is 4.57 Å². The molecule has 0 saturated carbocycles. The van der Waals surface area contributed by atoms with Gasteiger partial charge in [-0.1, -0.05) is 53.4 Å². The lowest BCUT2D eigenvalue weighted by Crippen LogP contribution is -2.39. The quantitative estimate of drug-likeness (QED) is 0.386. The fourth-order valence-corrected chi connectivity index (χ4v) is 3.58. The van der Waals surface area contributed by atoms with Crippen molar-refractivity contribution in [2.45, 2.75) is 104 Å². The Balaban J connectivity index is 0.00000119. The molecule has 27 heavy (non-hydrogen) atoms. The highest BCUT2D eigenvalue weighted by Gasteiger charge is 2.33. The number of rotatable bonds is 12. The van der Waals surface area contributed by atoms with Crippen LogP contribution in [0.4, 0.5) is 0 Å². The van der Waals surface area contributed by atoms with Gasteiger partial charge in [-0.05, 0) is 44.9 Å². The summed E-state index contributed by atoms with van der Waals surface area (Å²) in [6, 6.07) is 0. The maximum Gasteiger partial charge on any atom is 0.466 e. The van der Waals surface area contributed by atoms with Crippen LogP contribution in [0.2, 0.25) is 0 Å². The molecule has 0 aromatic rings. The predicted octanol–water partition coefficient (Wildman–Crippen LogP) is 5.21. The van der Waals surface area contributed by atoms with Gasteiger partial charge < -0.3 is 24.5 Å². The van der Waals surface area contributed by atoms with Gasteiger partial charge in [-0.25, -0.2) is 4.57 Å². The first-order valence-corrected chi connectivity index (χ1v) is 12.3. The van der Waals surface area contributed by atoms with E-state index in [1.54, 1.807) is 11.4 Å². The summed E-state index contributed by atoms with van der Waals surface area (Å²) in [4.78, 5) is 27.0. The van der Waals surface area contributed by atoms with Crippen molar-refractivity contribution in [1.82, 2.24) is 9.80 Å². The summed E-state index contributed by atoms with van der Waals surface area (Å²) in [7, 11) is -2.29. The minimum Gasteiger partial charge on any atom is -0.356 e. The fourth-order valence-electron chi connectivity index (χ4n) is 3.58. The summed E-state index contributed by atoms with van der Waals surface area (Å²) in [5.41, 5.74) is 3.35. The average Bonchev–Trinajstić information content (AvgIpc) is 2.83. The SMILES string of the molecule is CCCCC1=C(CCCC)N(CCCC)C(CCCC)N1C.O=P(O)(O)O. The van der Waals surface area contributed by atoms with Crippen LogP contribution in [0.15, 0.2) is 11.4 Å². The third kappa shape index (κ3) is 11.1. The van der Waals surface area contributed by atoms with E-state index in [0.717, 1.165) is 0 Å². The third-order valence-electron chi connectivity index (χ3n) is 5.02. The van der Waals surface area contributed by atoms with Crippen LogP contribution < -0.4 is 0 Å². The van der Waals surface area contributed by atoms with E-state index in [9.17, 15) is 0 Å². The summed E-state index contributed by atoms with van der Waals surface area (Å²) >= 11 is 0. The van der Waals surface area contributed by atoms with Crippen LogP contribution in [0, 0.1) is 0 Å². The first kappa shape index (κ1) is 26.4. The highest BCUT2D eigenvalue weighted by atomic mass is 31.2. The molecule has 1 aliphatic rings. The highest BCUT2D eigenvalue weighted by Crippen LogP contribution is 2.36. The van der Waals surface area contributed by atoms with Crippen molar-refractivity contribution >= 4 is 7.82 Å². The van der Waals surface area contributed by atoms with Crippen molar-refractivity contribution in [3.63, 3.8) is 0 Å². The summed E-state index contributed by atoms with van der Waals surface area (Å²) in [6.07, 6.45) is 15.1. The van der Waals surface area contributed by atoms with E-state index in [2.05, 4.69) is 44.5 Å². The number of hydrogen-bond donors (Lipinski definition) is 3. The topological polar surface area (TPSA) is 84.2 Å². The summed E-state index contributed by atoms with van der Waals surface area (Å²) in [5, 5.41) is 0. The lowest BCUT2D eigenvalue weighted by atomic mass is 10.1. The Hall–Kier alpha value is -0.550. The lowest BCUT2D eigenvalue weighted by molar-refractivity contribution is 0.141. The molecule has 1 unspecified atom stereocenters. The molecule has 0 saturated heterocycles. The summed E-state index contributed by atoms with van der Waals surface area (Å²) < 4.78 is 8.88. The standard InChI is InChI=1S/C20H40N2.H3O4P/c1-6-10-14-18-19(15-11-7-2)22(17-13-9-4)20(21(18)5)16-12-8-3;1-5(2,3)4/h20H,6-17H2,1-5H3;(H3,1,2,3,4). The van der Waals surface area contributed by atoms with Crippen molar-refractivity contribution < 1.29 is 19.2 Å². The largest absolute Gasteiger partial charge is 0.466 e. The first-order chi connectivity index (χ1) is 12.7. The van der Waals surface area contributed by atoms with Crippen molar-refractivity contribution in [1.29, 1.82) is 0 Å². The molecule has 0 bridgehead atoms. The monoisotopic (exact) mass is 406 g/mol. The molecule has 0 fully saturated rings. The Morgan fingerprint density at radius 3 is 1.70 bits per heavy atom. The van der Waals surface area contributed by atoms with Crippen molar-refractivity contribution in [3.05, 3.63) is 11.4 Å². The Morgan fingerprint density at radius 2 is 1.26 bits per heavy atom. The molecule has 7 heteroatoms. The zero-order chi connectivity index (χ0) is 20.9. The minimum absolute atomic E-state index is 0.630. The number of allylic oxidation sites excluding steroid dienone is 2. The molecule has 0 amide bonds. The van der Waals surface area contributed by atoms with Crippen LogP contribution in [-0.4, -0.2) is 44.2 Å². The van der Waals surface area contributed by atoms with Gasteiger partial charge in [-0.15, -0.1) is 0 Å². The fraction of sp³-hybridized carbons (Fsp3) is 0.900. The number of hydrogen-bond acceptors (Lipinski definition) is 3. The zero-order valence-electron chi connectivity index (χ0n) is 18.2. The van der Waals surface area contributed by atoms with Crippen LogP contribution >= 0.6 is 7.82 Å². The summed E-state index contributed by atoms with van der Waals surface area (Å²) in [6.45, 7) is 10.5. The van der Waals surface area contributed by atoms with E-state index in [1.165, 1.54) is 77.2 Å². The molecule has 6 nitrogen and oxygen atoms in total. The minimum atomic E-state index is -4.64. The van der Waals surface area contributed by atoms with Gasteiger partial charge >= 0.3 is 7.82 Å². The Labute approximate surface area is 166 Å². The molecule has 0 radical (unpaired) electrons. The molecule has 0 aromatic carbocycles. The predicted molar refractivity (Wildman–Crippen MR) is 113 cm³/mol. The molecule has 1 heterocycles. The van der Waals surface area contributed by atoms with Crippen molar-refractivity contribution in [3.8, 4) is 0 Å². The van der Waals surface area contributed by atoms with Crippen LogP contribution in [0.25, 0.3) is 0 Å². The van der Waals surface area contributed by atoms with Gasteiger partial charge in [-0.2, -0.15) is 0 Å². The third-order valence-corrected chi connectivity index (χ3v) is 5.02. The molecule has 162 valence electrons. The van der Waals surface area contributed by atoms with Crippen LogP contribution in [0.1, 0.15) is 98.3 Å². The van der Waals surface area contributed by atoms with E-state index in [1.807, 2.05) is 0 Å². The molecular weight excluding hydrogens is 363 g/mol.